The molecule has 0 aliphatic heterocycles. The SMILES string of the molecule is c1ccc2c(c1)sc1c(-c3ccc(-c4cccc5c(-c6cnc(-c7cccc8c7sc7ccccc78)nc6)cccc45)cn3)cccc12. The Kier molecular flexibility index (Phi) is 6.22. The van der Waals surface area contributed by atoms with Crippen LogP contribution in [0.4, 0.5) is 0 Å². The zero-order valence-electron chi connectivity index (χ0n) is 25.6. The summed E-state index contributed by atoms with van der Waals surface area (Å²) in [5, 5.41) is 7.46. The molecule has 0 radical (unpaired) electrons. The van der Waals surface area contributed by atoms with E-state index in [0.29, 0.717) is 0 Å². The molecule has 224 valence electrons. The van der Waals surface area contributed by atoms with E-state index in [9.17, 15) is 0 Å². The van der Waals surface area contributed by atoms with Crippen molar-refractivity contribution in [2.45, 2.75) is 0 Å². The molecular weight excluding hydrogens is 623 g/mol. The molecule has 0 saturated carbocycles. The van der Waals surface area contributed by atoms with Crippen molar-refractivity contribution in [3.8, 4) is 44.9 Å². The summed E-state index contributed by atoms with van der Waals surface area (Å²) >= 11 is 3.64. The van der Waals surface area contributed by atoms with Crippen LogP contribution in [0.25, 0.3) is 96.0 Å². The van der Waals surface area contributed by atoms with E-state index in [0.717, 1.165) is 44.7 Å². The molecule has 4 heterocycles. The minimum atomic E-state index is 0.745. The van der Waals surface area contributed by atoms with Gasteiger partial charge in [-0.2, -0.15) is 0 Å². The van der Waals surface area contributed by atoms with E-state index in [4.69, 9.17) is 15.0 Å². The molecule has 4 aromatic heterocycles. The average molecular weight is 648 g/mol. The molecule has 0 N–H and O–H groups in total. The van der Waals surface area contributed by atoms with Gasteiger partial charge in [-0.3, -0.25) is 4.98 Å². The van der Waals surface area contributed by atoms with E-state index >= 15 is 0 Å². The fourth-order valence-electron chi connectivity index (χ4n) is 7.00. The topological polar surface area (TPSA) is 38.7 Å². The summed E-state index contributed by atoms with van der Waals surface area (Å²) in [5.41, 5.74) is 7.58. The normalized spacial score (nSPS) is 11.8. The molecule has 5 heteroatoms. The number of nitrogens with zero attached hydrogens (tertiary/aromatic N) is 3. The van der Waals surface area contributed by atoms with Gasteiger partial charge in [0.15, 0.2) is 5.82 Å². The lowest BCUT2D eigenvalue weighted by Crippen LogP contribution is -1.91. The molecule has 3 nitrogen and oxygen atoms in total. The molecule has 0 spiro atoms. The summed E-state index contributed by atoms with van der Waals surface area (Å²) in [6.45, 7) is 0. The molecular formula is C43H25N3S2. The number of pyridine rings is 1. The largest absolute Gasteiger partial charge is 0.256 e. The number of fused-ring (bicyclic) bond motifs is 7. The highest BCUT2D eigenvalue weighted by atomic mass is 32.1. The lowest BCUT2D eigenvalue weighted by molar-refractivity contribution is 1.18. The lowest BCUT2D eigenvalue weighted by Gasteiger charge is -2.12. The molecule has 0 aliphatic carbocycles. The molecule has 0 fully saturated rings. The summed E-state index contributed by atoms with van der Waals surface area (Å²) in [5.74, 6) is 0.745. The minimum Gasteiger partial charge on any atom is -0.256 e. The second-order valence-electron chi connectivity index (χ2n) is 12.0. The van der Waals surface area contributed by atoms with Crippen molar-refractivity contribution in [1.29, 1.82) is 0 Å². The third-order valence-electron chi connectivity index (χ3n) is 9.28. The maximum Gasteiger partial charge on any atom is 0.160 e. The van der Waals surface area contributed by atoms with Crippen LogP contribution >= 0.6 is 22.7 Å². The summed E-state index contributed by atoms with van der Waals surface area (Å²) in [7, 11) is 0. The standard InChI is InChI=1S/C43H25N3S2/c1-3-19-39-32(9-1)34-15-7-17-36(41(34)47-39)38-22-21-26(23-44-38)28-11-5-14-31-29(12-6-13-30(28)31)27-24-45-43(46-25-27)37-18-8-16-35-33-10-2-4-20-40(33)48-42(35)37/h1-25H. The van der Waals surface area contributed by atoms with E-state index in [1.54, 1.807) is 11.3 Å². The van der Waals surface area contributed by atoms with Crippen molar-refractivity contribution in [3.05, 3.63) is 152 Å². The average Bonchev–Trinajstić information content (AvgIpc) is 3.73. The molecule has 0 atom stereocenters. The third kappa shape index (κ3) is 4.29. The number of rotatable bonds is 4. The van der Waals surface area contributed by atoms with Gasteiger partial charge < -0.3 is 0 Å². The van der Waals surface area contributed by atoms with Crippen LogP contribution in [-0.4, -0.2) is 15.0 Å². The van der Waals surface area contributed by atoms with E-state index in [-0.39, 0.29) is 0 Å². The maximum absolute atomic E-state index is 4.99. The number of benzene rings is 6. The fraction of sp³-hybridized carbons (Fsp3) is 0. The highest BCUT2D eigenvalue weighted by molar-refractivity contribution is 7.26. The summed E-state index contributed by atoms with van der Waals surface area (Å²) in [4.78, 5) is 14.8. The first-order valence-corrected chi connectivity index (χ1v) is 17.6. The van der Waals surface area contributed by atoms with Crippen LogP contribution in [0, 0.1) is 0 Å². The van der Waals surface area contributed by atoms with E-state index in [1.807, 2.05) is 29.9 Å². The van der Waals surface area contributed by atoms with Crippen LogP contribution in [0.15, 0.2) is 152 Å². The van der Waals surface area contributed by atoms with Gasteiger partial charge in [0.25, 0.3) is 0 Å². The van der Waals surface area contributed by atoms with E-state index in [2.05, 4.69) is 133 Å². The van der Waals surface area contributed by atoms with Crippen LogP contribution in [0.3, 0.4) is 0 Å². The molecule has 48 heavy (non-hydrogen) atoms. The van der Waals surface area contributed by atoms with Crippen molar-refractivity contribution in [2.24, 2.45) is 0 Å². The quantitative estimate of drug-likeness (QED) is 0.191. The maximum atomic E-state index is 4.99. The Morgan fingerprint density at radius 3 is 1.42 bits per heavy atom. The molecule has 0 amide bonds. The first-order valence-electron chi connectivity index (χ1n) is 15.9. The van der Waals surface area contributed by atoms with Gasteiger partial charge in [-0.25, -0.2) is 9.97 Å². The monoisotopic (exact) mass is 647 g/mol. The highest BCUT2D eigenvalue weighted by Crippen LogP contribution is 2.41. The van der Waals surface area contributed by atoms with Crippen molar-refractivity contribution >= 4 is 73.8 Å². The van der Waals surface area contributed by atoms with Crippen LogP contribution < -0.4 is 0 Å². The van der Waals surface area contributed by atoms with Gasteiger partial charge >= 0.3 is 0 Å². The molecule has 0 saturated heterocycles. The molecule has 0 aliphatic rings. The zero-order chi connectivity index (χ0) is 31.6. The minimum absolute atomic E-state index is 0.745. The first kappa shape index (κ1) is 27.4. The predicted molar refractivity (Wildman–Crippen MR) is 205 cm³/mol. The predicted octanol–water partition coefficient (Wildman–Crippen LogP) is 12.4. The van der Waals surface area contributed by atoms with Crippen molar-refractivity contribution in [2.75, 3.05) is 0 Å². The van der Waals surface area contributed by atoms with Gasteiger partial charge in [-0.05, 0) is 46.2 Å². The highest BCUT2D eigenvalue weighted by Gasteiger charge is 2.15. The summed E-state index contributed by atoms with van der Waals surface area (Å²) < 4.78 is 5.09. The van der Waals surface area contributed by atoms with E-state index < -0.39 is 0 Å². The molecule has 10 aromatic rings. The van der Waals surface area contributed by atoms with Gasteiger partial charge in [0, 0.05) is 81.2 Å². The first-order chi connectivity index (χ1) is 23.8. The molecule has 10 rings (SSSR count). The third-order valence-corrected chi connectivity index (χ3v) is 11.7. The zero-order valence-corrected chi connectivity index (χ0v) is 27.2. The van der Waals surface area contributed by atoms with Crippen molar-refractivity contribution in [3.63, 3.8) is 0 Å². The Morgan fingerprint density at radius 2 is 0.812 bits per heavy atom. The van der Waals surface area contributed by atoms with Crippen LogP contribution in [-0.2, 0) is 0 Å². The Balaban J connectivity index is 1.01. The van der Waals surface area contributed by atoms with Crippen LogP contribution in [0.5, 0.6) is 0 Å². The summed E-state index contributed by atoms with van der Waals surface area (Å²) in [6.07, 6.45) is 5.93. The van der Waals surface area contributed by atoms with Gasteiger partial charge in [-0.1, -0.05) is 109 Å². The van der Waals surface area contributed by atoms with E-state index in [1.165, 1.54) is 51.3 Å². The Bertz CT molecular complexity index is 2630. The van der Waals surface area contributed by atoms with Crippen molar-refractivity contribution < 1.29 is 0 Å². The van der Waals surface area contributed by atoms with Gasteiger partial charge in [0.2, 0.25) is 0 Å². The number of hydrogen-bond donors (Lipinski definition) is 0. The summed E-state index contributed by atoms with van der Waals surface area (Å²) in [6, 6.07) is 47.4. The molecule has 0 bridgehead atoms. The van der Waals surface area contributed by atoms with Gasteiger partial charge in [0.05, 0.1) is 5.69 Å². The van der Waals surface area contributed by atoms with Gasteiger partial charge in [0.1, 0.15) is 0 Å². The molecule has 0 unspecified atom stereocenters. The fourth-order valence-corrected chi connectivity index (χ4v) is 9.44. The second kappa shape index (κ2) is 10.9. The van der Waals surface area contributed by atoms with Gasteiger partial charge in [-0.15, -0.1) is 22.7 Å². The number of thiophene rings is 2. The van der Waals surface area contributed by atoms with Crippen LogP contribution in [0.2, 0.25) is 0 Å². The Morgan fingerprint density at radius 1 is 0.333 bits per heavy atom. The number of aromatic nitrogens is 3. The van der Waals surface area contributed by atoms with Crippen molar-refractivity contribution in [1.82, 2.24) is 15.0 Å². The smallest absolute Gasteiger partial charge is 0.160 e. The second-order valence-corrected chi connectivity index (χ2v) is 14.1. The molecule has 6 aromatic carbocycles. The van der Waals surface area contributed by atoms with Crippen LogP contribution in [0.1, 0.15) is 0 Å². The number of hydrogen-bond acceptors (Lipinski definition) is 5. The Hall–Kier alpha value is -5.75. The lowest BCUT2D eigenvalue weighted by atomic mass is 9.94. The Labute approximate surface area is 284 Å².